The molecule has 4 rings (SSSR count). The normalized spacial score (nSPS) is 15.2. The zero-order valence-electron chi connectivity index (χ0n) is 17.4. The van der Waals surface area contributed by atoms with E-state index in [1.54, 1.807) is 30.0 Å². The fourth-order valence-corrected chi connectivity index (χ4v) is 3.49. The largest absolute Gasteiger partial charge is 0.494 e. The van der Waals surface area contributed by atoms with Gasteiger partial charge in [0, 0.05) is 24.0 Å². The lowest BCUT2D eigenvalue weighted by Crippen LogP contribution is -2.42. The highest BCUT2D eigenvalue weighted by atomic mass is 19.4. The van der Waals surface area contributed by atoms with Gasteiger partial charge in [-0.15, -0.1) is 0 Å². The first kappa shape index (κ1) is 21.8. The monoisotopic (exact) mass is 446 g/mol. The SMILES string of the molecule is C/C=C/C(N)c1oc(-c2ccc(OC)c3nc(C(F)(F)F)ccc23)nc1C(=O)N1CCC1. The Balaban J connectivity index is 1.89. The number of methoxy groups -OCH3 is 1. The van der Waals surface area contributed by atoms with Crippen molar-refractivity contribution < 1.29 is 27.1 Å². The van der Waals surface area contributed by atoms with Gasteiger partial charge in [-0.3, -0.25) is 4.79 Å². The highest BCUT2D eigenvalue weighted by molar-refractivity contribution is 5.98. The van der Waals surface area contributed by atoms with Crippen molar-refractivity contribution in [3.05, 3.63) is 53.6 Å². The highest BCUT2D eigenvalue weighted by Gasteiger charge is 2.34. The molecule has 0 radical (unpaired) electrons. The van der Waals surface area contributed by atoms with Crippen LogP contribution in [0.3, 0.4) is 0 Å². The summed E-state index contributed by atoms with van der Waals surface area (Å²) in [6.07, 6.45) is -0.305. The molecule has 168 valence electrons. The van der Waals surface area contributed by atoms with Crippen LogP contribution in [-0.2, 0) is 6.18 Å². The number of benzene rings is 1. The summed E-state index contributed by atoms with van der Waals surface area (Å²) < 4.78 is 50.7. The van der Waals surface area contributed by atoms with E-state index in [0.29, 0.717) is 24.0 Å². The predicted molar refractivity (Wildman–Crippen MR) is 111 cm³/mol. The number of pyridine rings is 1. The molecule has 0 saturated carbocycles. The smallest absolute Gasteiger partial charge is 0.433 e. The molecule has 2 N–H and O–H groups in total. The van der Waals surface area contributed by atoms with E-state index in [2.05, 4.69) is 9.97 Å². The fraction of sp³-hybridized carbons (Fsp3) is 0.318. The van der Waals surface area contributed by atoms with Crippen LogP contribution in [0.1, 0.15) is 41.3 Å². The number of hydrogen-bond donors (Lipinski definition) is 1. The highest BCUT2D eigenvalue weighted by Crippen LogP contribution is 2.37. The molecule has 3 aromatic rings. The molecule has 1 saturated heterocycles. The summed E-state index contributed by atoms with van der Waals surface area (Å²) in [5, 5.41) is 0.340. The van der Waals surface area contributed by atoms with Gasteiger partial charge in [0.1, 0.15) is 17.0 Å². The van der Waals surface area contributed by atoms with Gasteiger partial charge >= 0.3 is 6.18 Å². The number of alkyl halides is 3. The van der Waals surface area contributed by atoms with Gasteiger partial charge in [0.15, 0.2) is 11.5 Å². The van der Waals surface area contributed by atoms with Crippen molar-refractivity contribution in [1.82, 2.24) is 14.9 Å². The molecule has 0 bridgehead atoms. The number of carbonyl (C=O) groups is 1. The number of allylic oxidation sites excluding steroid dienone is 1. The second kappa shape index (κ2) is 8.27. The Morgan fingerprint density at radius 3 is 2.59 bits per heavy atom. The van der Waals surface area contributed by atoms with Crippen LogP contribution in [0.25, 0.3) is 22.4 Å². The fourth-order valence-electron chi connectivity index (χ4n) is 3.49. The first-order valence-corrected chi connectivity index (χ1v) is 9.98. The topological polar surface area (TPSA) is 94.5 Å². The Labute approximate surface area is 181 Å². The quantitative estimate of drug-likeness (QED) is 0.586. The maximum absolute atomic E-state index is 13.2. The molecule has 0 aliphatic carbocycles. The lowest BCUT2D eigenvalue weighted by Gasteiger charge is -2.30. The molecule has 0 spiro atoms. The first-order valence-electron chi connectivity index (χ1n) is 9.98. The summed E-state index contributed by atoms with van der Waals surface area (Å²) in [6, 6.07) is 4.55. The Kier molecular flexibility index (Phi) is 5.64. The van der Waals surface area contributed by atoms with Crippen molar-refractivity contribution in [1.29, 1.82) is 0 Å². The van der Waals surface area contributed by atoms with Crippen molar-refractivity contribution in [2.24, 2.45) is 5.73 Å². The molecule has 10 heteroatoms. The molecule has 1 unspecified atom stereocenters. The van der Waals surface area contributed by atoms with Gasteiger partial charge in [-0.2, -0.15) is 13.2 Å². The first-order chi connectivity index (χ1) is 15.2. The Hall–Kier alpha value is -3.40. The van der Waals surface area contributed by atoms with E-state index in [4.69, 9.17) is 14.9 Å². The van der Waals surface area contributed by atoms with Crippen LogP contribution >= 0.6 is 0 Å². The number of hydrogen-bond acceptors (Lipinski definition) is 6. The molecular formula is C22H21F3N4O3. The van der Waals surface area contributed by atoms with Gasteiger partial charge in [0.05, 0.1) is 13.2 Å². The van der Waals surface area contributed by atoms with E-state index in [1.165, 1.54) is 19.2 Å². The van der Waals surface area contributed by atoms with Crippen LogP contribution in [0.4, 0.5) is 13.2 Å². The summed E-state index contributed by atoms with van der Waals surface area (Å²) in [5.74, 6) is 0.137. The average molecular weight is 446 g/mol. The lowest BCUT2D eigenvalue weighted by atomic mass is 10.1. The van der Waals surface area contributed by atoms with Crippen LogP contribution in [-0.4, -0.2) is 41.0 Å². The van der Waals surface area contributed by atoms with Crippen LogP contribution < -0.4 is 10.5 Å². The van der Waals surface area contributed by atoms with Crippen molar-refractivity contribution in [2.45, 2.75) is 25.6 Å². The van der Waals surface area contributed by atoms with Crippen molar-refractivity contribution in [2.75, 3.05) is 20.2 Å². The lowest BCUT2D eigenvalue weighted by molar-refractivity contribution is -0.140. The summed E-state index contributed by atoms with van der Waals surface area (Å²) >= 11 is 0. The summed E-state index contributed by atoms with van der Waals surface area (Å²) in [5.41, 5.74) is 5.60. The van der Waals surface area contributed by atoms with Gasteiger partial charge in [-0.1, -0.05) is 12.2 Å². The maximum Gasteiger partial charge on any atom is 0.433 e. The summed E-state index contributed by atoms with van der Waals surface area (Å²) in [6.45, 7) is 3.03. The van der Waals surface area contributed by atoms with E-state index >= 15 is 0 Å². The minimum absolute atomic E-state index is 0.00736. The number of halogens is 3. The van der Waals surface area contributed by atoms with Crippen LogP contribution in [0.2, 0.25) is 0 Å². The van der Waals surface area contributed by atoms with E-state index in [0.717, 1.165) is 12.5 Å². The Morgan fingerprint density at radius 2 is 2.00 bits per heavy atom. The third-order valence-electron chi connectivity index (χ3n) is 5.26. The Bertz CT molecular complexity index is 1200. The van der Waals surface area contributed by atoms with Crippen LogP contribution in [0.5, 0.6) is 5.75 Å². The zero-order valence-corrected chi connectivity index (χ0v) is 17.4. The van der Waals surface area contributed by atoms with Crippen molar-refractivity contribution in [3.63, 3.8) is 0 Å². The molecule has 1 aliphatic heterocycles. The predicted octanol–water partition coefficient (Wildman–Crippen LogP) is 4.34. The number of amides is 1. The molecule has 1 fully saturated rings. The Morgan fingerprint density at radius 1 is 1.25 bits per heavy atom. The number of carbonyl (C=O) groups excluding carboxylic acids is 1. The number of ether oxygens (including phenoxy) is 1. The van der Waals surface area contributed by atoms with Gasteiger partial charge in [-0.25, -0.2) is 9.97 Å². The van der Waals surface area contributed by atoms with E-state index < -0.39 is 17.9 Å². The molecule has 1 aromatic carbocycles. The number of likely N-dealkylation sites (tertiary alicyclic amines) is 1. The number of oxazole rings is 1. The van der Waals surface area contributed by atoms with Gasteiger partial charge in [0.2, 0.25) is 5.89 Å². The van der Waals surface area contributed by atoms with Crippen LogP contribution in [0.15, 0.2) is 40.8 Å². The van der Waals surface area contributed by atoms with E-state index in [1.807, 2.05) is 0 Å². The van der Waals surface area contributed by atoms with Crippen molar-refractivity contribution >= 4 is 16.8 Å². The molecule has 32 heavy (non-hydrogen) atoms. The van der Waals surface area contributed by atoms with E-state index in [-0.39, 0.29) is 34.5 Å². The number of aromatic nitrogens is 2. The molecule has 1 aliphatic rings. The molecule has 7 nitrogen and oxygen atoms in total. The third-order valence-corrected chi connectivity index (χ3v) is 5.26. The van der Waals surface area contributed by atoms with Crippen LogP contribution in [0, 0.1) is 0 Å². The second-order valence-electron chi connectivity index (χ2n) is 7.33. The third kappa shape index (κ3) is 3.81. The van der Waals surface area contributed by atoms with Gasteiger partial charge in [0.25, 0.3) is 5.91 Å². The molecule has 1 amide bonds. The summed E-state index contributed by atoms with van der Waals surface area (Å²) in [4.78, 5) is 22.7. The maximum atomic E-state index is 13.2. The number of nitrogens with two attached hydrogens (primary N) is 1. The van der Waals surface area contributed by atoms with E-state index in [9.17, 15) is 18.0 Å². The molecule has 1 atom stereocenters. The number of rotatable bonds is 5. The van der Waals surface area contributed by atoms with Crippen molar-refractivity contribution in [3.8, 4) is 17.2 Å². The molecule has 3 heterocycles. The molecule has 2 aromatic heterocycles. The number of nitrogens with zero attached hydrogens (tertiary/aromatic N) is 3. The zero-order chi connectivity index (χ0) is 23.0. The summed E-state index contributed by atoms with van der Waals surface area (Å²) in [7, 11) is 1.35. The molecular weight excluding hydrogens is 425 g/mol. The minimum Gasteiger partial charge on any atom is -0.494 e. The standard InChI is InChI=1S/C22H21F3N4O3/c1-3-5-14(26)19-18(21(30)29-10-4-11-29)28-20(32-19)13-6-8-15(31-2)17-12(13)7-9-16(27-17)22(23,24)25/h3,5-9,14H,4,10-11,26H2,1-2H3/b5-3+. The second-order valence-corrected chi connectivity index (χ2v) is 7.33. The average Bonchev–Trinajstić information content (AvgIpc) is 3.16. The number of fused-ring (bicyclic) bond motifs is 1. The minimum atomic E-state index is -4.61. The van der Waals surface area contributed by atoms with Gasteiger partial charge < -0.3 is 19.8 Å². The van der Waals surface area contributed by atoms with Gasteiger partial charge in [-0.05, 0) is 37.6 Å².